The number of H-pyrrole nitrogens is 1. The lowest BCUT2D eigenvalue weighted by Gasteiger charge is -1.81. The lowest BCUT2D eigenvalue weighted by atomic mass is 10.3. The fraction of sp³-hybridized carbons (Fsp3) is 0.300. The van der Waals surface area contributed by atoms with E-state index in [-0.39, 0.29) is 0 Å². The summed E-state index contributed by atoms with van der Waals surface area (Å²) in [4.78, 5) is 3.09. The van der Waals surface area contributed by atoms with Gasteiger partial charge in [-0.15, -0.1) is 11.3 Å². The second kappa shape index (κ2) is 6.22. The maximum atomic E-state index is 4.98. The van der Waals surface area contributed by atoms with Gasteiger partial charge < -0.3 is 4.98 Å². The zero-order valence-corrected chi connectivity index (χ0v) is 10.5. The van der Waals surface area contributed by atoms with Gasteiger partial charge in [0.15, 0.2) is 3.95 Å². The Morgan fingerprint density at radius 3 is 2.64 bits per heavy atom. The molecule has 0 saturated carbocycles. The number of para-hydroxylation sites is 1. The summed E-state index contributed by atoms with van der Waals surface area (Å²) in [6.07, 6.45) is 1.18. The zero-order valence-electron chi connectivity index (χ0n) is 7.99. The van der Waals surface area contributed by atoms with Gasteiger partial charge in [-0.05, 0) is 36.5 Å². The third-order valence-corrected chi connectivity index (χ3v) is 3.21. The van der Waals surface area contributed by atoms with Gasteiger partial charge in [0.1, 0.15) is 0 Å². The number of hydrogen-bond acceptors (Lipinski definition) is 3. The molecule has 2 rings (SSSR count). The number of fused-ring (bicyclic) bond motifs is 1. The summed E-state index contributed by atoms with van der Waals surface area (Å²) >= 11 is 10.5. The molecule has 0 radical (unpaired) electrons. The fourth-order valence-electron chi connectivity index (χ4n) is 0.894. The minimum Gasteiger partial charge on any atom is -0.337 e. The average Bonchev–Trinajstić information content (AvgIpc) is 2.58. The van der Waals surface area contributed by atoms with Crippen molar-refractivity contribution in [3.8, 4) is 0 Å². The summed E-state index contributed by atoms with van der Waals surface area (Å²) in [7, 11) is 0. The van der Waals surface area contributed by atoms with E-state index in [2.05, 4.69) is 30.6 Å². The molecule has 1 N–H and O–H groups in total. The van der Waals surface area contributed by atoms with E-state index >= 15 is 0 Å². The number of nitrogens with one attached hydrogen (secondary N) is 1. The Balaban J connectivity index is 0.000000213. The van der Waals surface area contributed by atoms with E-state index in [9.17, 15) is 0 Å². The summed E-state index contributed by atoms with van der Waals surface area (Å²) in [5, 5.41) is 0. The van der Waals surface area contributed by atoms with Crippen molar-refractivity contribution in [3.05, 3.63) is 28.2 Å². The number of thiazole rings is 1. The third-order valence-electron chi connectivity index (χ3n) is 1.55. The van der Waals surface area contributed by atoms with Crippen molar-refractivity contribution < 1.29 is 0 Å². The van der Waals surface area contributed by atoms with E-state index in [1.807, 2.05) is 18.2 Å². The Morgan fingerprint density at radius 2 is 2.07 bits per heavy atom. The molecule has 0 unspecified atom stereocenters. The molecule has 1 aromatic carbocycles. The maximum Gasteiger partial charge on any atom is 0.159 e. The van der Waals surface area contributed by atoms with Crippen molar-refractivity contribution in [2.75, 3.05) is 5.75 Å². The van der Waals surface area contributed by atoms with Crippen molar-refractivity contribution >= 4 is 46.4 Å². The molecule has 0 aliphatic carbocycles. The summed E-state index contributed by atoms with van der Waals surface area (Å²) in [5.74, 6) is 1.01. The molecule has 0 aliphatic rings. The second-order valence-corrected chi connectivity index (χ2v) is 4.90. The van der Waals surface area contributed by atoms with Crippen LogP contribution in [0.3, 0.4) is 0 Å². The Labute approximate surface area is 98.6 Å². The van der Waals surface area contributed by atoms with Crippen molar-refractivity contribution in [3.63, 3.8) is 0 Å². The Morgan fingerprint density at radius 1 is 1.43 bits per heavy atom. The molecule has 1 heterocycles. The Hall–Kier alpha value is -0.320. The Kier molecular flexibility index (Phi) is 5.22. The van der Waals surface area contributed by atoms with E-state index in [1.54, 1.807) is 11.3 Å². The number of aromatic nitrogens is 1. The number of benzene rings is 1. The summed E-state index contributed by atoms with van der Waals surface area (Å²) < 4.78 is 2.08. The molecular weight excluding hydrogens is 230 g/mol. The predicted molar refractivity (Wildman–Crippen MR) is 71.2 cm³/mol. The van der Waals surface area contributed by atoms with Crippen LogP contribution >= 0.6 is 36.2 Å². The molecule has 0 atom stereocenters. The molecule has 1 aromatic heterocycles. The van der Waals surface area contributed by atoms with Gasteiger partial charge in [0.2, 0.25) is 0 Å². The molecule has 1 nitrogen and oxygen atoms in total. The van der Waals surface area contributed by atoms with Crippen LogP contribution in [0.25, 0.3) is 10.2 Å². The minimum absolute atomic E-state index is 0.848. The van der Waals surface area contributed by atoms with Crippen molar-refractivity contribution in [1.29, 1.82) is 0 Å². The van der Waals surface area contributed by atoms with E-state index in [0.717, 1.165) is 15.2 Å². The highest BCUT2D eigenvalue weighted by atomic mass is 32.1. The largest absolute Gasteiger partial charge is 0.337 e. The average molecular weight is 243 g/mol. The third kappa shape index (κ3) is 3.44. The summed E-state index contributed by atoms with van der Waals surface area (Å²) in [6, 6.07) is 8.11. The van der Waals surface area contributed by atoms with Gasteiger partial charge in [-0.2, -0.15) is 12.6 Å². The second-order valence-electron chi connectivity index (χ2n) is 2.73. The summed E-state index contributed by atoms with van der Waals surface area (Å²) in [5.41, 5.74) is 1.14. The number of rotatable bonds is 1. The van der Waals surface area contributed by atoms with Crippen LogP contribution in [-0.2, 0) is 0 Å². The number of thiol groups is 1. The highest BCUT2D eigenvalue weighted by Crippen LogP contribution is 2.17. The van der Waals surface area contributed by atoms with E-state index in [1.165, 1.54) is 11.1 Å². The van der Waals surface area contributed by atoms with Crippen LogP contribution in [0, 0.1) is 3.95 Å². The molecule has 0 amide bonds. The molecule has 0 bridgehead atoms. The van der Waals surface area contributed by atoms with Crippen LogP contribution in [0.15, 0.2) is 24.3 Å². The molecule has 76 valence electrons. The first kappa shape index (κ1) is 11.8. The lowest BCUT2D eigenvalue weighted by molar-refractivity contribution is 1.11. The van der Waals surface area contributed by atoms with Crippen LogP contribution in [0.5, 0.6) is 0 Å². The van der Waals surface area contributed by atoms with E-state index in [4.69, 9.17) is 12.2 Å². The van der Waals surface area contributed by atoms with Crippen LogP contribution in [0.1, 0.15) is 13.3 Å². The normalized spacial score (nSPS) is 9.57. The van der Waals surface area contributed by atoms with Gasteiger partial charge in [-0.3, -0.25) is 0 Å². The molecule has 14 heavy (non-hydrogen) atoms. The highest BCUT2D eigenvalue weighted by Gasteiger charge is 1.91. The van der Waals surface area contributed by atoms with Crippen molar-refractivity contribution in [1.82, 2.24) is 4.98 Å². The quantitative estimate of drug-likeness (QED) is 0.564. The van der Waals surface area contributed by atoms with Crippen LogP contribution < -0.4 is 0 Å². The van der Waals surface area contributed by atoms with E-state index in [0.29, 0.717) is 0 Å². The topological polar surface area (TPSA) is 15.8 Å². The molecule has 0 spiro atoms. The van der Waals surface area contributed by atoms with E-state index < -0.39 is 0 Å². The van der Waals surface area contributed by atoms with Gasteiger partial charge in [0.25, 0.3) is 0 Å². The first-order chi connectivity index (χ1) is 6.77. The number of aromatic amines is 1. The number of hydrogen-bond donors (Lipinski definition) is 2. The standard InChI is InChI=1S/C7H5NS2.C3H8S/c9-7-8-5-3-1-2-4-6(5)10-7;1-2-3-4/h1-4H,(H,8,9);4H,2-3H2,1H3. The lowest BCUT2D eigenvalue weighted by Crippen LogP contribution is -1.62. The highest BCUT2D eigenvalue weighted by molar-refractivity contribution is 7.80. The van der Waals surface area contributed by atoms with Crippen LogP contribution in [0.4, 0.5) is 0 Å². The van der Waals surface area contributed by atoms with Gasteiger partial charge in [0.05, 0.1) is 10.2 Å². The monoisotopic (exact) mass is 243 g/mol. The molecule has 0 fully saturated rings. The van der Waals surface area contributed by atoms with Gasteiger partial charge >= 0.3 is 0 Å². The summed E-state index contributed by atoms with van der Waals surface area (Å²) in [6.45, 7) is 2.10. The first-order valence-electron chi connectivity index (χ1n) is 4.46. The fourth-order valence-corrected chi connectivity index (χ4v) is 2.01. The molecule has 0 saturated heterocycles. The maximum absolute atomic E-state index is 4.98. The molecule has 4 heteroatoms. The molecular formula is C10H13NS3. The SMILES string of the molecule is CCCS.S=c1[nH]c2ccccc2s1. The van der Waals surface area contributed by atoms with Crippen LogP contribution in [0.2, 0.25) is 0 Å². The minimum atomic E-state index is 0.848. The Bertz CT molecular complexity index is 392. The smallest absolute Gasteiger partial charge is 0.159 e. The zero-order chi connectivity index (χ0) is 10.4. The predicted octanol–water partition coefficient (Wildman–Crippen LogP) is 4.29. The first-order valence-corrected chi connectivity index (χ1v) is 6.32. The van der Waals surface area contributed by atoms with Gasteiger partial charge in [-0.1, -0.05) is 19.1 Å². The van der Waals surface area contributed by atoms with Gasteiger partial charge in [-0.25, -0.2) is 0 Å². The van der Waals surface area contributed by atoms with Gasteiger partial charge in [0, 0.05) is 0 Å². The van der Waals surface area contributed by atoms with Crippen molar-refractivity contribution in [2.45, 2.75) is 13.3 Å². The molecule has 0 aliphatic heterocycles. The molecule has 2 aromatic rings. The van der Waals surface area contributed by atoms with Crippen molar-refractivity contribution in [2.24, 2.45) is 0 Å². The van der Waals surface area contributed by atoms with Crippen LogP contribution in [-0.4, -0.2) is 10.7 Å².